The van der Waals surface area contributed by atoms with Crippen LogP contribution >= 0.6 is 0 Å². The Morgan fingerprint density at radius 1 is 1.47 bits per heavy atom. The summed E-state index contributed by atoms with van der Waals surface area (Å²) in [6.07, 6.45) is 0. The average molecular weight is 246 g/mol. The van der Waals surface area contributed by atoms with Gasteiger partial charge in [-0.1, -0.05) is 12.1 Å². The Hall–Kier alpha value is -1.56. The van der Waals surface area contributed by atoms with Crippen LogP contribution in [0.3, 0.4) is 0 Å². The molecule has 1 amide bonds. The fraction of sp³-hybridized carbons (Fsp3) is 0.364. The lowest BCUT2D eigenvalue weighted by molar-refractivity contribution is -0.146. The van der Waals surface area contributed by atoms with E-state index in [0.717, 1.165) is 13.1 Å². The SMILES string of the molecule is CNC(=O)C(F)(F)c1cccc(C(C)N)c1F. The highest BCUT2D eigenvalue weighted by molar-refractivity contribution is 5.84. The summed E-state index contributed by atoms with van der Waals surface area (Å²) in [4.78, 5) is 11.0. The third-order valence-electron chi connectivity index (χ3n) is 2.37. The Balaban J connectivity index is 3.32. The first kappa shape index (κ1) is 13.5. The molecule has 3 nitrogen and oxygen atoms in total. The van der Waals surface area contributed by atoms with Crippen LogP contribution in [0.5, 0.6) is 0 Å². The van der Waals surface area contributed by atoms with Gasteiger partial charge in [-0.3, -0.25) is 4.79 Å². The number of alkyl halides is 2. The van der Waals surface area contributed by atoms with E-state index in [1.54, 1.807) is 5.32 Å². The van der Waals surface area contributed by atoms with Crippen molar-refractivity contribution in [3.63, 3.8) is 0 Å². The van der Waals surface area contributed by atoms with Crippen molar-refractivity contribution in [2.75, 3.05) is 7.05 Å². The maximum atomic E-state index is 13.8. The molecule has 17 heavy (non-hydrogen) atoms. The topological polar surface area (TPSA) is 55.1 Å². The lowest BCUT2D eigenvalue weighted by atomic mass is 10.00. The zero-order valence-corrected chi connectivity index (χ0v) is 9.43. The smallest absolute Gasteiger partial charge is 0.352 e. The second-order valence-electron chi connectivity index (χ2n) is 3.65. The van der Waals surface area contributed by atoms with Crippen LogP contribution in [-0.2, 0) is 10.7 Å². The number of nitrogens with one attached hydrogen (secondary N) is 1. The second kappa shape index (κ2) is 4.75. The Kier molecular flexibility index (Phi) is 3.77. The Labute approximate surface area is 96.8 Å². The van der Waals surface area contributed by atoms with Gasteiger partial charge >= 0.3 is 5.92 Å². The van der Waals surface area contributed by atoms with Gasteiger partial charge in [0.1, 0.15) is 5.82 Å². The van der Waals surface area contributed by atoms with Crippen molar-refractivity contribution in [2.24, 2.45) is 5.73 Å². The maximum Gasteiger partial charge on any atom is 0.352 e. The molecule has 1 unspecified atom stereocenters. The number of carbonyl (C=O) groups excluding carboxylic acids is 1. The highest BCUT2D eigenvalue weighted by atomic mass is 19.3. The molecule has 1 aromatic rings. The van der Waals surface area contributed by atoms with E-state index in [4.69, 9.17) is 5.73 Å². The van der Waals surface area contributed by atoms with Crippen LogP contribution in [0.1, 0.15) is 24.1 Å². The molecular weight excluding hydrogens is 233 g/mol. The fourth-order valence-corrected chi connectivity index (χ4v) is 1.42. The van der Waals surface area contributed by atoms with E-state index in [-0.39, 0.29) is 5.56 Å². The first-order chi connectivity index (χ1) is 7.82. The Morgan fingerprint density at radius 3 is 2.53 bits per heavy atom. The predicted molar refractivity (Wildman–Crippen MR) is 57.0 cm³/mol. The van der Waals surface area contributed by atoms with E-state index < -0.39 is 29.3 Å². The molecule has 0 heterocycles. The summed E-state index contributed by atoms with van der Waals surface area (Å²) in [5, 5.41) is 1.79. The number of nitrogens with two attached hydrogens (primary N) is 1. The molecule has 0 aliphatic rings. The van der Waals surface area contributed by atoms with Crippen molar-refractivity contribution in [2.45, 2.75) is 18.9 Å². The molecule has 0 aliphatic heterocycles. The number of rotatable bonds is 3. The van der Waals surface area contributed by atoms with E-state index in [1.165, 1.54) is 19.1 Å². The molecule has 94 valence electrons. The van der Waals surface area contributed by atoms with E-state index in [2.05, 4.69) is 0 Å². The van der Waals surface area contributed by atoms with Gasteiger partial charge < -0.3 is 11.1 Å². The van der Waals surface area contributed by atoms with Crippen molar-refractivity contribution in [3.05, 3.63) is 35.1 Å². The van der Waals surface area contributed by atoms with Crippen LogP contribution in [-0.4, -0.2) is 13.0 Å². The largest absolute Gasteiger partial charge is 0.354 e. The zero-order chi connectivity index (χ0) is 13.2. The molecule has 1 atom stereocenters. The van der Waals surface area contributed by atoms with Gasteiger partial charge in [-0.05, 0) is 13.0 Å². The summed E-state index contributed by atoms with van der Waals surface area (Å²) < 4.78 is 40.9. The third kappa shape index (κ3) is 2.41. The molecule has 0 saturated carbocycles. The molecule has 6 heteroatoms. The van der Waals surface area contributed by atoms with Crippen molar-refractivity contribution in [3.8, 4) is 0 Å². The van der Waals surface area contributed by atoms with Crippen LogP contribution < -0.4 is 11.1 Å². The number of hydrogen-bond acceptors (Lipinski definition) is 2. The number of benzene rings is 1. The van der Waals surface area contributed by atoms with Crippen LogP contribution in [0.2, 0.25) is 0 Å². The lowest BCUT2D eigenvalue weighted by Gasteiger charge is -2.18. The van der Waals surface area contributed by atoms with Gasteiger partial charge in [0.2, 0.25) is 0 Å². The summed E-state index contributed by atoms with van der Waals surface area (Å²) in [5.41, 5.74) is 4.43. The van der Waals surface area contributed by atoms with Crippen molar-refractivity contribution >= 4 is 5.91 Å². The second-order valence-corrected chi connectivity index (χ2v) is 3.65. The quantitative estimate of drug-likeness (QED) is 0.852. The molecule has 1 aromatic carbocycles. The lowest BCUT2D eigenvalue weighted by Crippen LogP contribution is -2.36. The molecule has 0 radical (unpaired) electrons. The molecule has 3 N–H and O–H groups in total. The van der Waals surface area contributed by atoms with E-state index in [0.29, 0.717) is 0 Å². The summed E-state index contributed by atoms with van der Waals surface area (Å²) in [7, 11) is 1.06. The van der Waals surface area contributed by atoms with Crippen LogP contribution in [0.15, 0.2) is 18.2 Å². The van der Waals surface area contributed by atoms with Gasteiger partial charge in [0, 0.05) is 18.7 Å². The van der Waals surface area contributed by atoms with Gasteiger partial charge in [0.15, 0.2) is 0 Å². The fourth-order valence-electron chi connectivity index (χ4n) is 1.42. The van der Waals surface area contributed by atoms with Crippen LogP contribution in [0, 0.1) is 5.82 Å². The molecule has 0 aromatic heterocycles. The summed E-state index contributed by atoms with van der Waals surface area (Å²) >= 11 is 0. The number of likely N-dealkylation sites (N-methyl/N-ethyl adjacent to an activating group) is 1. The highest BCUT2D eigenvalue weighted by Gasteiger charge is 2.43. The predicted octanol–water partition coefficient (Wildman–Crippen LogP) is 1.68. The van der Waals surface area contributed by atoms with Crippen molar-refractivity contribution in [1.82, 2.24) is 5.32 Å². The first-order valence-corrected chi connectivity index (χ1v) is 4.96. The highest BCUT2D eigenvalue weighted by Crippen LogP contribution is 2.32. The molecule has 0 saturated heterocycles. The minimum absolute atomic E-state index is 0.0499. The Bertz CT molecular complexity index is 433. The minimum atomic E-state index is -3.91. The Morgan fingerprint density at radius 2 is 2.06 bits per heavy atom. The number of carbonyl (C=O) groups is 1. The molecule has 0 spiro atoms. The number of hydrogen-bond donors (Lipinski definition) is 2. The molecular formula is C11H13F3N2O. The number of halogens is 3. The summed E-state index contributed by atoms with van der Waals surface area (Å²) in [6, 6.07) is 2.70. The molecule has 0 fully saturated rings. The third-order valence-corrected chi connectivity index (χ3v) is 2.37. The van der Waals surface area contributed by atoms with E-state index >= 15 is 0 Å². The van der Waals surface area contributed by atoms with Crippen molar-refractivity contribution in [1.29, 1.82) is 0 Å². The normalized spacial score (nSPS) is 13.3. The molecule has 0 aliphatic carbocycles. The molecule has 0 bridgehead atoms. The first-order valence-electron chi connectivity index (χ1n) is 4.96. The summed E-state index contributed by atoms with van der Waals surface area (Å²) in [5.74, 6) is -6.61. The van der Waals surface area contributed by atoms with E-state index in [1.807, 2.05) is 0 Å². The standard InChI is InChI=1S/C11H13F3N2O/c1-6(15)7-4-3-5-8(9(7)12)11(13,14)10(17)16-2/h3-6H,15H2,1-2H3,(H,16,17). The van der Waals surface area contributed by atoms with Gasteiger partial charge in [0.25, 0.3) is 5.91 Å². The average Bonchev–Trinajstić information content (AvgIpc) is 2.27. The molecule has 1 rings (SSSR count). The van der Waals surface area contributed by atoms with Gasteiger partial charge in [-0.15, -0.1) is 0 Å². The van der Waals surface area contributed by atoms with Crippen LogP contribution in [0.25, 0.3) is 0 Å². The van der Waals surface area contributed by atoms with Gasteiger partial charge in [-0.2, -0.15) is 8.78 Å². The van der Waals surface area contributed by atoms with Crippen molar-refractivity contribution < 1.29 is 18.0 Å². The van der Waals surface area contributed by atoms with Crippen LogP contribution in [0.4, 0.5) is 13.2 Å². The van der Waals surface area contributed by atoms with E-state index in [9.17, 15) is 18.0 Å². The number of amides is 1. The maximum absolute atomic E-state index is 13.8. The summed E-state index contributed by atoms with van der Waals surface area (Å²) in [6.45, 7) is 1.47. The zero-order valence-electron chi connectivity index (χ0n) is 9.43. The van der Waals surface area contributed by atoms with Gasteiger partial charge in [0.05, 0.1) is 5.56 Å². The monoisotopic (exact) mass is 246 g/mol. The van der Waals surface area contributed by atoms with Gasteiger partial charge in [-0.25, -0.2) is 4.39 Å². The minimum Gasteiger partial charge on any atom is -0.354 e.